The Morgan fingerprint density at radius 1 is 1.22 bits per heavy atom. The minimum Gasteiger partial charge on any atom is -0.300 e. The molecular weight excluding hydrogens is 250 g/mol. The Balaban J connectivity index is 2.40. The maximum Gasteiger partial charge on any atom is 0.182 e. The van der Waals surface area contributed by atoms with Gasteiger partial charge in [-0.3, -0.25) is 4.79 Å². The van der Waals surface area contributed by atoms with Gasteiger partial charge in [0.1, 0.15) is 5.78 Å². The van der Waals surface area contributed by atoms with Crippen LogP contribution in [0, 0.1) is 17.2 Å². The molecule has 18 heavy (non-hydrogen) atoms. The van der Waals surface area contributed by atoms with Gasteiger partial charge >= 0.3 is 0 Å². The van der Waals surface area contributed by atoms with Gasteiger partial charge in [-0.1, -0.05) is 18.2 Å². The second-order valence-corrected chi connectivity index (χ2v) is 6.58. The van der Waals surface area contributed by atoms with Crippen LogP contribution in [0.5, 0.6) is 0 Å². The number of carbonyl (C=O) groups excluding carboxylic acids is 1. The lowest BCUT2D eigenvalue weighted by Crippen LogP contribution is -2.35. The molecule has 0 N–H and O–H groups in total. The molecule has 4 nitrogen and oxygen atoms in total. The summed E-state index contributed by atoms with van der Waals surface area (Å²) in [6.45, 7) is 0. The Kier molecular flexibility index (Phi) is 3.48. The van der Waals surface area contributed by atoms with Crippen LogP contribution < -0.4 is 0 Å². The Morgan fingerprint density at radius 3 is 2.50 bits per heavy atom. The van der Waals surface area contributed by atoms with E-state index in [1.807, 2.05) is 6.07 Å². The van der Waals surface area contributed by atoms with Crippen molar-refractivity contribution in [1.29, 1.82) is 5.26 Å². The van der Waals surface area contributed by atoms with Crippen LogP contribution in [0.2, 0.25) is 0 Å². The number of sulfone groups is 1. The number of carbonyl (C=O) groups is 1. The molecule has 5 heteroatoms. The minimum atomic E-state index is -3.60. The second-order valence-electron chi connectivity index (χ2n) is 4.41. The number of Topliss-reactive ketones (excluding diaryl/α,β-unsaturated/α-hetero) is 1. The molecule has 0 amide bonds. The molecule has 0 spiro atoms. The first-order chi connectivity index (χ1) is 8.55. The molecule has 1 aliphatic rings. The second kappa shape index (κ2) is 4.91. The molecule has 1 saturated carbocycles. The van der Waals surface area contributed by atoms with Gasteiger partial charge in [-0.05, 0) is 18.6 Å². The van der Waals surface area contributed by atoms with E-state index < -0.39 is 21.0 Å². The summed E-state index contributed by atoms with van der Waals surface area (Å²) in [4.78, 5) is 11.6. The van der Waals surface area contributed by atoms with Crippen LogP contribution in [0.4, 0.5) is 0 Å². The lowest BCUT2D eigenvalue weighted by molar-refractivity contribution is -0.120. The van der Waals surface area contributed by atoms with E-state index in [2.05, 4.69) is 0 Å². The molecule has 0 radical (unpaired) electrons. The molecule has 1 aromatic rings. The first kappa shape index (κ1) is 12.8. The quantitative estimate of drug-likeness (QED) is 0.814. The number of ketones is 1. The summed E-state index contributed by atoms with van der Waals surface area (Å²) in [6, 6.07) is 10.0. The molecule has 0 heterocycles. The summed E-state index contributed by atoms with van der Waals surface area (Å²) in [6.07, 6.45) is 0.598. The fourth-order valence-electron chi connectivity index (χ4n) is 2.23. The lowest BCUT2D eigenvalue weighted by atomic mass is 9.89. The molecule has 0 saturated heterocycles. The molecule has 1 aliphatic carbocycles. The number of hydrogen-bond donors (Lipinski definition) is 0. The van der Waals surface area contributed by atoms with Crippen molar-refractivity contribution in [3.63, 3.8) is 0 Å². The maximum absolute atomic E-state index is 12.4. The normalized spacial score (nSPS) is 24.5. The number of nitrogens with zero attached hydrogens (tertiary/aromatic N) is 1. The van der Waals surface area contributed by atoms with Crippen molar-refractivity contribution in [3.8, 4) is 6.07 Å². The van der Waals surface area contributed by atoms with Crippen molar-refractivity contribution >= 4 is 15.6 Å². The predicted molar refractivity (Wildman–Crippen MR) is 65.4 cm³/mol. The molecule has 0 aromatic heterocycles. The topological polar surface area (TPSA) is 75.0 Å². The van der Waals surface area contributed by atoms with Crippen LogP contribution in [-0.2, 0) is 14.6 Å². The van der Waals surface area contributed by atoms with E-state index in [4.69, 9.17) is 5.26 Å². The summed E-state index contributed by atoms with van der Waals surface area (Å²) >= 11 is 0. The van der Waals surface area contributed by atoms with Gasteiger partial charge in [-0.15, -0.1) is 0 Å². The molecule has 0 aliphatic heterocycles. The highest BCUT2D eigenvalue weighted by Gasteiger charge is 2.39. The average molecular weight is 263 g/mol. The molecule has 0 bridgehead atoms. The van der Waals surface area contributed by atoms with Gasteiger partial charge in [0.15, 0.2) is 9.84 Å². The van der Waals surface area contributed by atoms with Gasteiger partial charge in [-0.25, -0.2) is 8.42 Å². The molecule has 1 aromatic carbocycles. The van der Waals surface area contributed by atoms with Crippen molar-refractivity contribution < 1.29 is 13.2 Å². The van der Waals surface area contributed by atoms with Crippen molar-refractivity contribution in [3.05, 3.63) is 30.3 Å². The maximum atomic E-state index is 12.4. The minimum absolute atomic E-state index is 0.0462. The molecule has 2 atom stereocenters. The van der Waals surface area contributed by atoms with Gasteiger partial charge in [0.05, 0.1) is 22.1 Å². The zero-order valence-electron chi connectivity index (χ0n) is 9.74. The third kappa shape index (κ3) is 2.29. The summed E-state index contributed by atoms with van der Waals surface area (Å²) in [7, 11) is -3.60. The van der Waals surface area contributed by atoms with Crippen molar-refractivity contribution in [2.75, 3.05) is 0 Å². The van der Waals surface area contributed by atoms with E-state index in [0.29, 0.717) is 12.8 Å². The Bertz CT molecular complexity index is 586. The van der Waals surface area contributed by atoms with Crippen LogP contribution >= 0.6 is 0 Å². The van der Waals surface area contributed by atoms with Gasteiger partial charge in [-0.2, -0.15) is 5.26 Å². The number of hydrogen-bond acceptors (Lipinski definition) is 4. The van der Waals surface area contributed by atoms with Gasteiger partial charge in [0.25, 0.3) is 0 Å². The highest BCUT2D eigenvalue weighted by molar-refractivity contribution is 7.92. The van der Waals surface area contributed by atoms with E-state index in [1.165, 1.54) is 12.1 Å². The molecule has 2 rings (SSSR count). The number of nitriles is 1. The van der Waals surface area contributed by atoms with Crippen LogP contribution in [0.3, 0.4) is 0 Å². The molecular formula is C13H13NO3S. The smallest absolute Gasteiger partial charge is 0.182 e. The van der Waals surface area contributed by atoms with Crippen LogP contribution in [0.15, 0.2) is 35.2 Å². The van der Waals surface area contributed by atoms with E-state index in [1.54, 1.807) is 18.2 Å². The predicted octanol–water partition coefficient (Wildman–Crippen LogP) is 1.72. The molecule has 94 valence electrons. The zero-order chi connectivity index (χ0) is 13.2. The fraction of sp³-hybridized carbons (Fsp3) is 0.385. The van der Waals surface area contributed by atoms with E-state index in [0.717, 1.165) is 0 Å². The standard InChI is InChI=1S/C13H13NO3S/c14-9-10-6-7-11(15)8-13(10)18(16,17)12-4-2-1-3-5-12/h1-5,10,13H,6-8H2. The summed E-state index contributed by atoms with van der Waals surface area (Å²) < 4.78 is 24.8. The lowest BCUT2D eigenvalue weighted by Gasteiger charge is -2.25. The third-order valence-electron chi connectivity index (χ3n) is 3.25. The largest absolute Gasteiger partial charge is 0.300 e. The average Bonchev–Trinajstić information content (AvgIpc) is 2.39. The Morgan fingerprint density at radius 2 is 1.89 bits per heavy atom. The van der Waals surface area contributed by atoms with Gasteiger partial charge < -0.3 is 0 Å². The summed E-state index contributed by atoms with van der Waals surface area (Å²) in [5, 5.41) is 8.14. The molecule has 1 fully saturated rings. The van der Waals surface area contributed by atoms with Crippen molar-refractivity contribution in [1.82, 2.24) is 0 Å². The van der Waals surface area contributed by atoms with E-state index in [-0.39, 0.29) is 17.1 Å². The van der Waals surface area contributed by atoms with E-state index in [9.17, 15) is 13.2 Å². The number of benzene rings is 1. The summed E-state index contributed by atoms with van der Waals surface area (Å²) in [5.41, 5.74) is 0. The van der Waals surface area contributed by atoms with Gasteiger partial charge in [0, 0.05) is 12.8 Å². The van der Waals surface area contributed by atoms with Crippen LogP contribution in [0.25, 0.3) is 0 Å². The zero-order valence-corrected chi connectivity index (χ0v) is 10.6. The monoisotopic (exact) mass is 263 g/mol. The first-order valence-electron chi connectivity index (χ1n) is 5.76. The third-order valence-corrected chi connectivity index (χ3v) is 5.47. The molecule has 2 unspecified atom stereocenters. The Hall–Kier alpha value is -1.67. The Labute approximate surface area is 106 Å². The highest BCUT2D eigenvalue weighted by Crippen LogP contribution is 2.31. The first-order valence-corrected chi connectivity index (χ1v) is 7.30. The highest BCUT2D eigenvalue weighted by atomic mass is 32.2. The van der Waals surface area contributed by atoms with Crippen LogP contribution in [0.1, 0.15) is 19.3 Å². The fourth-order valence-corrected chi connectivity index (χ4v) is 4.15. The van der Waals surface area contributed by atoms with E-state index >= 15 is 0 Å². The summed E-state index contributed by atoms with van der Waals surface area (Å²) in [5.74, 6) is -0.668. The van der Waals surface area contributed by atoms with Gasteiger partial charge in [0.2, 0.25) is 0 Å². The van der Waals surface area contributed by atoms with Crippen molar-refractivity contribution in [2.24, 2.45) is 5.92 Å². The van der Waals surface area contributed by atoms with Crippen LogP contribution in [-0.4, -0.2) is 19.5 Å². The SMILES string of the molecule is N#CC1CCC(=O)CC1S(=O)(=O)c1ccccc1. The number of rotatable bonds is 2. The van der Waals surface area contributed by atoms with Crippen molar-refractivity contribution in [2.45, 2.75) is 29.4 Å².